The normalized spacial score (nSPS) is 13.3. The number of hydrogen-bond acceptors (Lipinski definition) is 4. The second-order valence-corrected chi connectivity index (χ2v) is 5.74. The Kier molecular flexibility index (Phi) is 6.52. The highest BCUT2D eigenvalue weighted by molar-refractivity contribution is 6.32. The first-order valence-electron chi connectivity index (χ1n) is 7.63. The van der Waals surface area contributed by atoms with Gasteiger partial charge in [-0.1, -0.05) is 11.6 Å². The van der Waals surface area contributed by atoms with E-state index in [1.54, 1.807) is 6.07 Å². The number of hydrogen-bond donors (Lipinski definition) is 2. The highest BCUT2D eigenvalue weighted by Gasteiger charge is 2.15. The van der Waals surface area contributed by atoms with Gasteiger partial charge in [-0.15, -0.1) is 0 Å². The van der Waals surface area contributed by atoms with Gasteiger partial charge in [0.1, 0.15) is 0 Å². The van der Waals surface area contributed by atoms with Crippen molar-refractivity contribution in [3.8, 4) is 11.5 Å². The molecule has 23 heavy (non-hydrogen) atoms. The molecule has 2 N–H and O–H groups in total. The number of unbranched alkanes of at least 4 members (excludes halogenated alkanes) is 1. The minimum absolute atomic E-state index is 0.0883. The van der Waals surface area contributed by atoms with Crippen molar-refractivity contribution in [1.82, 2.24) is 5.32 Å². The minimum Gasteiger partial charge on any atom is -0.489 e. The van der Waals surface area contributed by atoms with E-state index in [-0.39, 0.29) is 12.3 Å². The Hall–Kier alpha value is -1.95. The first-order chi connectivity index (χ1) is 11.1. The third-order valence-corrected chi connectivity index (χ3v) is 3.68. The van der Waals surface area contributed by atoms with Gasteiger partial charge in [0.15, 0.2) is 11.5 Å². The minimum atomic E-state index is -0.841. The van der Waals surface area contributed by atoms with Crippen LogP contribution in [0.5, 0.6) is 11.5 Å². The zero-order valence-corrected chi connectivity index (χ0v) is 13.5. The van der Waals surface area contributed by atoms with Crippen LogP contribution in [0.3, 0.4) is 0 Å². The first kappa shape index (κ1) is 17.4. The molecule has 6 nitrogen and oxygen atoms in total. The highest BCUT2D eigenvalue weighted by atomic mass is 35.5. The van der Waals surface area contributed by atoms with E-state index in [4.69, 9.17) is 26.2 Å². The Bertz CT molecular complexity index is 576. The Morgan fingerprint density at radius 1 is 1.17 bits per heavy atom. The summed E-state index contributed by atoms with van der Waals surface area (Å²) >= 11 is 6.19. The van der Waals surface area contributed by atoms with E-state index >= 15 is 0 Å². The summed E-state index contributed by atoms with van der Waals surface area (Å²) in [5, 5.41) is 11.8. The van der Waals surface area contributed by atoms with Gasteiger partial charge in [-0.2, -0.15) is 0 Å². The van der Waals surface area contributed by atoms with Crippen LogP contribution in [0, 0.1) is 0 Å². The number of carbonyl (C=O) groups excluding carboxylic acids is 1. The molecule has 1 aromatic carbocycles. The van der Waals surface area contributed by atoms with Gasteiger partial charge in [-0.25, -0.2) is 0 Å². The highest BCUT2D eigenvalue weighted by Crippen LogP contribution is 2.37. The van der Waals surface area contributed by atoms with Crippen molar-refractivity contribution in [1.29, 1.82) is 0 Å². The molecule has 7 heteroatoms. The molecule has 0 saturated carbocycles. The Morgan fingerprint density at radius 3 is 2.70 bits per heavy atom. The van der Waals surface area contributed by atoms with E-state index in [2.05, 4.69) is 5.32 Å². The van der Waals surface area contributed by atoms with Crippen LogP contribution in [0.4, 0.5) is 0 Å². The number of halogens is 1. The van der Waals surface area contributed by atoms with Gasteiger partial charge in [-0.3, -0.25) is 9.59 Å². The predicted octanol–water partition coefficient (Wildman–Crippen LogP) is 2.76. The average Bonchev–Trinajstić information content (AvgIpc) is 2.75. The number of carboxylic acids is 1. The fraction of sp³-hybridized carbons (Fsp3) is 0.500. The van der Waals surface area contributed by atoms with Crippen LogP contribution in [-0.4, -0.2) is 30.2 Å². The van der Waals surface area contributed by atoms with Crippen LogP contribution in [-0.2, 0) is 16.1 Å². The van der Waals surface area contributed by atoms with Gasteiger partial charge in [0.05, 0.1) is 18.2 Å². The van der Waals surface area contributed by atoms with Gasteiger partial charge in [0.25, 0.3) is 0 Å². The number of carbonyl (C=O) groups is 2. The molecule has 1 amide bonds. The lowest BCUT2D eigenvalue weighted by Gasteiger charge is -2.12. The van der Waals surface area contributed by atoms with Crippen molar-refractivity contribution in [2.75, 3.05) is 13.2 Å². The summed E-state index contributed by atoms with van der Waals surface area (Å²) in [5.41, 5.74) is 0.832. The lowest BCUT2D eigenvalue weighted by Crippen LogP contribution is -2.22. The van der Waals surface area contributed by atoms with Crippen LogP contribution in [0.15, 0.2) is 12.1 Å². The number of benzene rings is 1. The quantitative estimate of drug-likeness (QED) is 0.745. The molecule has 1 heterocycles. The molecule has 1 aliphatic rings. The molecule has 0 fully saturated rings. The molecule has 1 aliphatic heterocycles. The van der Waals surface area contributed by atoms with Crippen molar-refractivity contribution in [2.45, 2.75) is 38.6 Å². The summed E-state index contributed by atoms with van der Waals surface area (Å²) in [6, 6.07) is 3.57. The van der Waals surface area contributed by atoms with Gasteiger partial charge >= 0.3 is 5.97 Å². The molecule has 0 spiro atoms. The van der Waals surface area contributed by atoms with Gasteiger partial charge in [0.2, 0.25) is 5.91 Å². The summed E-state index contributed by atoms with van der Waals surface area (Å²) in [6.45, 7) is 1.48. The number of fused-ring (bicyclic) bond motifs is 1. The number of nitrogens with one attached hydrogen (secondary N) is 1. The third-order valence-electron chi connectivity index (χ3n) is 3.40. The SMILES string of the molecule is O=C(O)CCCCC(=O)NCc1cc(Cl)c2c(c1)OCCCO2. The van der Waals surface area contributed by atoms with Crippen molar-refractivity contribution < 1.29 is 24.2 Å². The van der Waals surface area contributed by atoms with Crippen LogP contribution in [0.1, 0.15) is 37.7 Å². The largest absolute Gasteiger partial charge is 0.489 e. The van der Waals surface area contributed by atoms with E-state index in [9.17, 15) is 9.59 Å². The molecule has 0 unspecified atom stereocenters. The van der Waals surface area contributed by atoms with E-state index in [1.165, 1.54) is 0 Å². The Morgan fingerprint density at radius 2 is 1.91 bits per heavy atom. The van der Waals surface area contributed by atoms with Crippen molar-refractivity contribution in [3.05, 3.63) is 22.7 Å². The Balaban J connectivity index is 1.83. The van der Waals surface area contributed by atoms with E-state index < -0.39 is 5.97 Å². The molecule has 0 aromatic heterocycles. The summed E-state index contributed by atoms with van der Waals surface area (Å²) in [5.74, 6) is 0.194. The molecule has 0 aliphatic carbocycles. The fourth-order valence-electron chi connectivity index (χ4n) is 2.24. The van der Waals surface area contributed by atoms with Crippen LogP contribution in [0.25, 0.3) is 0 Å². The van der Waals surface area contributed by atoms with Crippen LogP contribution in [0.2, 0.25) is 5.02 Å². The maximum atomic E-state index is 11.7. The number of aliphatic carboxylic acids is 1. The van der Waals surface area contributed by atoms with Crippen LogP contribution < -0.4 is 14.8 Å². The summed E-state index contributed by atoms with van der Waals surface area (Å²) in [6.07, 6.45) is 2.25. The number of rotatable bonds is 7. The summed E-state index contributed by atoms with van der Waals surface area (Å²) in [4.78, 5) is 22.1. The molecule has 0 radical (unpaired) electrons. The summed E-state index contributed by atoms with van der Waals surface area (Å²) < 4.78 is 11.2. The average molecular weight is 342 g/mol. The van der Waals surface area contributed by atoms with Crippen LogP contribution >= 0.6 is 11.6 Å². The smallest absolute Gasteiger partial charge is 0.303 e. The standard InChI is InChI=1S/C16H20ClNO5/c17-12-8-11(9-13-16(12)23-7-3-6-22-13)10-18-14(19)4-1-2-5-15(20)21/h8-9H,1-7,10H2,(H,18,19)(H,20,21). The zero-order valence-electron chi connectivity index (χ0n) is 12.8. The fourth-order valence-corrected chi connectivity index (χ4v) is 2.52. The van der Waals surface area contributed by atoms with Gasteiger partial charge in [-0.05, 0) is 30.5 Å². The lowest BCUT2D eigenvalue weighted by molar-refractivity contribution is -0.137. The summed E-state index contributed by atoms with van der Waals surface area (Å²) in [7, 11) is 0. The maximum Gasteiger partial charge on any atom is 0.303 e. The zero-order chi connectivity index (χ0) is 16.7. The molecular weight excluding hydrogens is 322 g/mol. The van der Waals surface area contributed by atoms with E-state index in [0.29, 0.717) is 55.5 Å². The van der Waals surface area contributed by atoms with E-state index in [1.807, 2.05) is 6.07 Å². The van der Waals surface area contributed by atoms with Crippen molar-refractivity contribution in [3.63, 3.8) is 0 Å². The number of amides is 1. The van der Waals surface area contributed by atoms with Gasteiger partial charge in [0, 0.05) is 25.8 Å². The predicted molar refractivity (Wildman–Crippen MR) is 85.0 cm³/mol. The molecule has 0 bridgehead atoms. The second-order valence-electron chi connectivity index (χ2n) is 5.33. The number of carboxylic acid groups (broad SMARTS) is 1. The molecule has 2 rings (SSSR count). The second kappa shape index (κ2) is 8.62. The molecule has 126 valence electrons. The van der Waals surface area contributed by atoms with Crippen molar-refractivity contribution in [2.24, 2.45) is 0 Å². The molecule has 0 atom stereocenters. The van der Waals surface area contributed by atoms with Crippen molar-refractivity contribution >= 4 is 23.5 Å². The topological polar surface area (TPSA) is 84.9 Å². The number of ether oxygens (including phenoxy) is 2. The third kappa shape index (κ3) is 5.63. The van der Waals surface area contributed by atoms with E-state index in [0.717, 1.165) is 12.0 Å². The first-order valence-corrected chi connectivity index (χ1v) is 8.00. The van der Waals surface area contributed by atoms with Gasteiger partial charge < -0.3 is 19.9 Å². The molecular formula is C16H20ClNO5. The maximum absolute atomic E-state index is 11.7. The molecule has 0 saturated heterocycles. The lowest BCUT2D eigenvalue weighted by atomic mass is 10.1. The molecule has 1 aromatic rings. The Labute approximate surface area is 139 Å². The monoisotopic (exact) mass is 341 g/mol.